The van der Waals surface area contributed by atoms with Gasteiger partial charge >= 0.3 is 113 Å². The van der Waals surface area contributed by atoms with Crippen molar-refractivity contribution < 1.29 is 28.4 Å². The molecule has 0 aromatic rings. The molecule has 0 aromatic heterocycles. The van der Waals surface area contributed by atoms with Crippen LogP contribution in [0.25, 0.3) is 0 Å². The molecule has 19 heavy (non-hydrogen) atoms. The molecule has 1 unspecified atom stereocenters. The number of nitrogens with one attached hydrogen (secondary N) is 1. The summed E-state index contributed by atoms with van der Waals surface area (Å²) in [5, 5.41) is 31.0. The molecule has 0 aliphatic carbocycles. The van der Waals surface area contributed by atoms with Crippen LogP contribution < -0.4 is 5.32 Å². The second-order valence-electron chi connectivity index (χ2n) is 5.11. The first-order valence-electron chi connectivity index (χ1n) is 6.05. The van der Waals surface area contributed by atoms with Gasteiger partial charge in [-0.3, -0.25) is 0 Å². The number of hydrogen-bond donors (Lipinski definition) is 4. The van der Waals surface area contributed by atoms with E-state index in [1.54, 1.807) is 0 Å². The summed E-state index contributed by atoms with van der Waals surface area (Å²) in [7, 11) is -3.81. The SMILES string of the molecule is CC(C)CC(CO)(CO)NC(O)CCS(=O)(=O)B=O. The Morgan fingerprint density at radius 1 is 1.26 bits per heavy atom. The van der Waals surface area contributed by atoms with Crippen molar-refractivity contribution in [3.8, 4) is 0 Å². The predicted molar refractivity (Wildman–Crippen MR) is 70.3 cm³/mol. The Bertz CT molecular complexity index is 368. The Morgan fingerprint density at radius 2 is 1.79 bits per heavy atom. The summed E-state index contributed by atoms with van der Waals surface area (Å²) in [6.07, 6.45) is -1.16. The minimum atomic E-state index is -3.81. The molecule has 0 aliphatic rings. The van der Waals surface area contributed by atoms with Gasteiger partial charge in [0.25, 0.3) is 0 Å². The molecule has 0 bridgehead atoms. The topological polar surface area (TPSA) is 124 Å². The number of aliphatic hydroxyl groups excluding tert-OH is 3. The predicted octanol–water partition coefficient (Wildman–Crippen LogP) is -1.57. The fourth-order valence-electron chi connectivity index (χ4n) is 1.86. The van der Waals surface area contributed by atoms with Crippen molar-refractivity contribution in [1.82, 2.24) is 5.32 Å². The second-order valence-corrected chi connectivity index (χ2v) is 7.03. The van der Waals surface area contributed by atoms with E-state index < -0.39 is 27.2 Å². The van der Waals surface area contributed by atoms with E-state index in [0.29, 0.717) is 6.42 Å². The van der Waals surface area contributed by atoms with E-state index in [9.17, 15) is 28.4 Å². The fraction of sp³-hybridized carbons (Fsp3) is 1.00. The molecule has 9 heteroatoms. The maximum atomic E-state index is 11.0. The van der Waals surface area contributed by atoms with Crippen LogP contribution in [0, 0.1) is 5.92 Å². The van der Waals surface area contributed by atoms with Gasteiger partial charge in [0.2, 0.25) is 0 Å². The monoisotopic (exact) mass is 295 g/mol. The zero-order valence-electron chi connectivity index (χ0n) is 11.2. The van der Waals surface area contributed by atoms with Crippen molar-refractivity contribution in [3.05, 3.63) is 0 Å². The van der Waals surface area contributed by atoms with E-state index in [-0.39, 0.29) is 32.0 Å². The summed E-state index contributed by atoms with van der Waals surface area (Å²) < 4.78 is 32.2. The van der Waals surface area contributed by atoms with E-state index >= 15 is 0 Å². The first-order chi connectivity index (χ1) is 8.70. The third-order valence-corrected chi connectivity index (χ3v) is 3.80. The third kappa shape index (κ3) is 7.12. The molecule has 7 nitrogen and oxygen atoms in total. The normalized spacial score (nSPS) is 14.4. The summed E-state index contributed by atoms with van der Waals surface area (Å²) >= 11 is 0. The van der Waals surface area contributed by atoms with Gasteiger partial charge in [-0.2, -0.15) is 0 Å². The molecule has 0 spiro atoms. The van der Waals surface area contributed by atoms with Crippen LogP contribution in [0.4, 0.5) is 0 Å². The van der Waals surface area contributed by atoms with E-state index in [1.807, 2.05) is 13.8 Å². The molecule has 0 aromatic carbocycles. The van der Waals surface area contributed by atoms with Crippen LogP contribution in [-0.2, 0) is 14.4 Å². The standard InChI is InChI=1S/C10H22BNO6S/c1-8(2)5-10(6-13,7-14)12-9(15)3-4-19(17,18)11-16/h8-9,12-15H,3-7H2,1-2H3. The van der Waals surface area contributed by atoms with Gasteiger partial charge in [-0.15, -0.1) is 0 Å². The van der Waals surface area contributed by atoms with Gasteiger partial charge in [-0.05, 0) is 0 Å². The van der Waals surface area contributed by atoms with E-state index in [4.69, 9.17) is 0 Å². The van der Waals surface area contributed by atoms with Crippen LogP contribution in [0.5, 0.6) is 0 Å². The fourth-order valence-corrected chi connectivity index (χ4v) is 2.51. The Labute approximate surface area is 114 Å². The van der Waals surface area contributed by atoms with Gasteiger partial charge in [-0.25, -0.2) is 0 Å². The zero-order chi connectivity index (χ0) is 15.1. The molecular weight excluding hydrogens is 273 g/mol. The Morgan fingerprint density at radius 3 is 2.16 bits per heavy atom. The van der Waals surface area contributed by atoms with Crippen LogP contribution in [-0.4, -0.2) is 60.9 Å². The molecule has 0 aliphatic heterocycles. The van der Waals surface area contributed by atoms with Gasteiger partial charge in [0.15, 0.2) is 0 Å². The molecule has 0 saturated carbocycles. The molecule has 0 heterocycles. The first kappa shape index (κ1) is 18.7. The average molecular weight is 295 g/mol. The first-order valence-corrected chi connectivity index (χ1v) is 7.77. The second kappa shape index (κ2) is 8.06. The van der Waals surface area contributed by atoms with Crippen LogP contribution in [0.3, 0.4) is 0 Å². The molecule has 0 fully saturated rings. The third-order valence-electron chi connectivity index (χ3n) is 2.70. The van der Waals surface area contributed by atoms with Crippen molar-refractivity contribution in [1.29, 1.82) is 0 Å². The van der Waals surface area contributed by atoms with Crippen molar-refractivity contribution in [2.75, 3.05) is 19.0 Å². The van der Waals surface area contributed by atoms with Gasteiger partial charge in [0.05, 0.1) is 0 Å². The minimum absolute atomic E-state index is 0.154. The zero-order valence-corrected chi connectivity index (χ0v) is 12.1. The molecule has 0 radical (unpaired) electrons. The van der Waals surface area contributed by atoms with E-state index in [2.05, 4.69) is 5.32 Å². The van der Waals surface area contributed by atoms with Gasteiger partial charge in [-0.1, -0.05) is 0 Å². The molecule has 0 rings (SSSR count). The average Bonchev–Trinajstić information content (AvgIpc) is 2.35. The van der Waals surface area contributed by atoms with Crippen molar-refractivity contribution >= 4 is 16.1 Å². The maximum absolute atomic E-state index is 11.0. The van der Waals surface area contributed by atoms with Crippen LogP contribution in [0.1, 0.15) is 26.7 Å². The molecular formula is C10H22BNO6S. The Hall–Kier alpha value is -0.345. The summed E-state index contributed by atoms with van der Waals surface area (Å²) in [6.45, 7) is 3.01. The van der Waals surface area contributed by atoms with Crippen LogP contribution in [0.2, 0.25) is 0 Å². The number of hydrogen-bond acceptors (Lipinski definition) is 7. The Balaban J connectivity index is 4.55. The van der Waals surface area contributed by atoms with E-state index in [1.165, 1.54) is 0 Å². The van der Waals surface area contributed by atoms with Crippen molar-refractivity contribution in [2.24, 2.45) is 5.92 Å². The molecule has 0 amide bonds. The molecule has 112 valence electrons. The summed E-state index contributed by atoms with van der Waals surface area (Å²) in [5.41, 5.74) is -1.07. The van der Waals surface area contributed by atoms with Crippen LogP contribution >= 0.6 is 0 Å². The number of aliphatic hydroxyl groups is 3. The quantitative estimate of drug-likeness (QED) is 0.283. The molecule has 4 N–H and O–H groups in total. The van der Waals surface area contributed by atoms with Crippen molar-refractivity contribution in [2.45, 2.75) is 38.5 Å². The van der Waals surface area contributed by atoms with Gasteiger partial charge in [0.1, 0.15) is 0 Å². The summed E-state index contributed by atoms with van der Waals surface area (Å²) in [5.74, 6) is -0.322. The van der Waals surface area contributed by atoms with Crippen molar-refractivity contribution in [3.63, 3.8) is 0 Å². The number of rotatable bonds is 10. The van der Waals surface area contributed by atoms with Gasteiger partial charge in [0, 0.05) is 0 Å². The summed E-state index contributed by atoms with van der Waals surface area (Å²) in [4.78, 5) is 0. The van der Waals surface area contributed by atoms with E-state index in [0.717, 1.165) is 0 Å². The van der Waals surface area contributed by atoms with Crippen LogP contribution in [0.15, 0.2) is 0 Å². The summed E-state index contributed by atoms with van der Waals surface area (Å²) in [6, 6.07) is 0. The molecule has 0 saturated heterocycles. The van der Waals surface area contributed by atoms with Gasteiger partial charge < -0.3 is 0 Å². The Kier molecular flexibility index (Phi) is 7.91. The molecule has 1 atom stereocenters.